The predicted octanol–water partition coefficient (Wildman–Crippen LogP) is 2.78. The number of carbonyl (C=O) groups excluding carboxylic acids is 3. The summed E-state index contributed by atoms with van der Waals surface area (Å²) in [5.41, 5.74) is 2.51. The van der Waals surface area contributed by atoms with E-state index in [1.165, 1.54) is 7.11 Å². The van der Waals surface area contributed by atoms with Crippen molar-refractivity contribution in [2.45, 2.75) is 12.5 Å². The van der Waals surface area contributed by atoms with Crippen LogP contribution < -0.4 is 20.4 Å². The lowest BCUT2D eigenvalue weighted by Crippen LogP contribution is -2.50. The molecule has 8 heteroatoms. The number of benzene rings is 3. The maximum Gasteiger partial charge on any atom is 0.344 e. The fraction of sp³-hybridized carbons (Fsp3) is 0.208. The molecule has 4 rings (SSSR count). The van der Waals surface area contributed by atoms with Crippen LogP contribution >= 0.6 is 0 Å². The molecule has 0 aliphatic carbocycles. The maximum atomic E-state index is 13.0. The van der Waals surface area contributed by atoms with Gasteiger partial charge in [0.25, 0.3) is 11.8 Å². The number of carbonyl (C=O) groups is 3. The minimum atomic E-state index is -1.32. The highest BCUT2D eigenvalue weighted by Crippen LogP contribution is 2.30. The van der Waals surface area contributed by atoms with Crippen molar-refractivity contribution >= 4 is 34.3 Å². The predicted molar refractivity (Wildman–Crippen MR) is 121 cm³/mol. The first kappa shape index (κ1) is 21.2. The minimum absolute atomic E-state index is 0.0364. The molecule has 3 aromatic carbocycles. The number of likely N-dealkylation sites (N-methyl/N-ethyl adjacent to an activating group) is 1. The van der Waals surface area contributed by atoms with Gasteiger partial charge >= 0.3 is 6.03 Å². The van der Waals surface area contributed by atoms with Crippen molar-refractivity contribution in [3.05, 3.63) is 72.3 Å². The molecule has 1 saturated heterocycles. The Morgan fingerprint density at radius 2 is 1.81 bits per heavy atom. The molecule has 3 aromatic rings. The lowest BCUT2D eigenvalue weighted by Gasteiger charge is -2.23. The van der Waals surface area contributed by atoms with E-state index < -0.39 is 23.4 Å². The van der Waals surface area contributed by atoms with Crippen LogP contribution in [0.5, 0.6) is 5.75 Å². The number of urea groups is 1. The van der Waals surface area contributed by atoms with Gasteiger partial charge in [-0.15, -0.1) is 0 Å². The first-order valence-electron chi connectivity index (χ1n) is 10.1. The average Bonchev–Trinajstić information content (AvgIpc) is 3.02. The first-order chi connectivity index (χ1) is 15.3. The molecule has 1 atom stereocenters. The summed E-state index contributed by atoms with van der Waals surface area (Å²) in [4.78, 5) is 39.9. The molecule has 1 heterocycles. The van der Waals surface area contributed by atoms with Crippen molar-refractivity contribution < 1.29 is 19.1 Å². The number of nitrogens with one attached hydrogen (secondary N) is 2. The van der Waals surface area contributed by atoms with Gasteiger partial charge in [-0.25, -0.2) is 4.79 Å². The summed E-state index contributed by atoms with van der Waals surface area (Å²) in [5, 5.41) is 5.55. The molecular weight excluding hydrogens is 408 g/mol. The summed E-state index contributed by atoms with van der Waals surface area (Å²) < 4.78 is 5.21. The van der Waals surface area contributed by atoms with Crippen molar-refractivity contribution in [3.8, 4) is 5.75 Å². The number of anilines is 1. The second kappa shape index (κ2) is 8.22. The van der Waals surface area contributed by atoms with E-state index in [4.69, 9.17) is 4.74 Å². The fourth-order valence-corrected chi connectivity index (χ4v) is 3.75. The van der Waals surface area contributed by atoms with Gasteiger partial charge in [-0.3, -0.25) is 15.0 Å². The van der Waals surface area contributed by atoms with Crippen LogP contribution in [0.3, 0.4) is 0 Å². The number of hydrogen-bond donors (Lipinski definition) is 2. The highest BCUT2D eigenvalue weighted by molar-refractivity contribution is 6.08. The van der Waals surface area contributed by atoms with Crippen molar-refractivity contribution in [1.82, 2.24) is 15.8 Å². The third-order valence-corrected chi connectivity index (χ3v) is 5.63. The SMILES string of the molecule is COc1cccc(C2(C)NC(=O)N(NC(=O)CN(C)c3ccc4ccccc4c3)C2=O)c1. The van der Waals surface area contributed by atoms with E-state index in [0.717, 1.165) is 21.5 Å². The molecule has 0 radical (unpaired) electrons. The van der Waals surface area contributed by atoms with Crippen LogP contribution in [0.2, 0.25) is 0 Å². The third kappa shape index (κ3) is 3.82. The highest BCUT2D eigenvalue weighted by Gasteiger charge is 2.50. The van der Waals surface area contributed by atoms with Crippen LogP contribution in [0, 0.1) is 0 Å². The van der Waals surface area contributed by atoms with Crippen LogP contribution in [-0.2, 0) is 15.1 Å². The molecule has 1 fully saturated rings. The molecule has 0 saturated carbocycles. The second-order valence-corrected chi connectivity index (χ2v) is 7.85. The van der Waals surface area contributed by atoms with E-state index in [1.807, 2.05) is 42.5 Å². The largest absolute Gasteiger partial charge is 0.497 e. The van der Waals surface area contributed by atoms with Gasteiger partial charge in [0.2, 0.25) is 0 Å². The average molecular weight is 432 g/mol. The van der Waals surface area contributed by atoms with Crippen molar-refractivity contribution in [2.75, 3.05) is 25.6 Å². The molecule has 2 N–H and O–H groups in total. The summed E-state index contributed by atoms with van der Waals surface area (Å²) in [7, 11) is 3.30. The number of ether oxygens (including phenoxy) is 1. The van der Waals surface area contributed by atoms with E-state index in [2.05, 4.69) is 10.7 Å². The number of nitrogens with zero attached hydrogens (tertiary/aromatic N) is 2. The molecule has 0 aromatic heterocycles. The monoisotopic (exact) mass is 432 g/mol. The Bertz CT molecular complexity index is 1210. The Labute approximate surface area is 185 Å². The molecule has 1 unspecified atom stereocenters. The van der Waals surface area contributed by atoms with E-state index in [0.29, 0.717) is 11.3 Å². The molecule has 0 spiro atoms. The van der Waals surface area contributed by atoms with Crippen molar-refractivity contribution in [1.29, 1.82) is 0 Å². The minimum Gasteiger partial charge on any atom is -0.497 e. The standard InChI is InChI=1S/C24H24N4O4/c1-24(18-9-6-10-20(14-18)32-3)22(30)28(23(31)25-24)26-21(29)15-27(2)19-12-11-16-7-4-5-8-17(16)13-19/h4-14H,15H2,1-3H3,(H,25,31)(H,26,29). The number of hydrogen-bond acceptors (Lipinski definition) is 5. The van der Waals surface area contributed by atoms with Gasteiger partial charge in [-0.1, -0.05) is 42.5 Å². The third-order valence-electron chi connectivity index (χ3n) is 5.63. The zero-order valence-corrected chi connectivity index (χ0v) is 18.1. The van der Waals surface area contributed by atoms with Crippen molar-refractivity contribution in [3.63, 3.8) is 0 Å². The van der Waals surface area contributed by atoms with Crippen LogP contribution in [0.15, 0.2) is 66.7 Å². The van der Waals surface area contributed by atoms with E-state index in [-0.39, 0.29) is 6.54 Å². The summed E-state index contributed by atoms with van der Waals surface area (Å²) in [6, 6.07) is 20.0. The number of fused-ring (bicyclic) bond motifs is 1. The Morgan fingerprint density at radius 1 is 1.06 bits per heavy atom. The molecule has 32 heavy (non-hydrogen) atoms. The first-order valence-corrected chi connectivity index (χ1v) is 10.1. The van der Waals surface area contributed by atoms with Gasteiger partial charge in [0, 0.05) is 12.7 Å². The van der Waals surface area contributed by atoms with E-state index >= 15 is 0 Å². The van der Waals surface area contributed by atoms with E-state index in [9.17, 15) is 14.4 Å². The van der Waals surface area contributed by atoms with E-state index in [1.54, 1.807) is 43.1 Å². The van der Waals surface area contributed by atoms with Crippen LogP contribution in [0.25, 0.3) is 10.8 Å². The Morgan fingerprint density at radius 3 is 2.56 bits per heavy atom. The Hall–Kier alpha value is -4.07. The zero-order valence-electron chi connectivity index (χ0n) is 18.1. The smallest absolute Gasteiger partial charge is 0.344 e. The second-order valence-electron chi connectivity index (χ2n) is 7.85. The number of hydrazine groups is 1. The Balaban J connectivity index is 1.46. The molecular formula is C24H24N4O4. The molecule has 1 aliphatic rings. The molecule has 1 aliphatic heterocycles. The molecule has 8 nitrogen and oxygen atoms in total. The van der Waals surface area contributed by atoms with Gasteiger partial charge < -0.3 is 15.0 Å². The van der Waals surface area contributed by atoms with Gasteiger partial charge in [0.1, 0.15) is 11.3 Å². The van der Waals surface area contributed by atoms with Crippen LogP contribution in [0.4, 0.5) is 10.5 Å². The maximum absolute atomic E-state index is 13.0. The lowest BCUT2D eigenvalue weighted by molar-refractivity contribution is -0.138. The van der Waals surface area contributed by atoms with Gasteiger partial charge in [-0.2, -0.15) is 5.01 Å². The fourth-order valence-electron chi connectivity index (χ4n) is 3.75. The molecule has 164 valence electrons. The summed E-state index contributed by atoms with van der Waals surface area (Å²) >= 11 is 0. The van der Waals surface area contributed by atoms with Gasteiger partial charge in [0.15, 0.2) is 0 Å². The van der Waals surface area contributed by atoms with Crippen molar-refractivity contribution in [2.24, 2.45) is 0 Å². The number of methoxy groups -OCH3 is 1. The summed E-state index contributed by atoms with van der Waals surface area (Å²) in [6.07, 6.45) is 0. The lowest BCUT2D eigenvalue weighted by atomic mass is 9.92. The zero-order chi connectivity index (χ0) is 22.9. The number of imide groups is 1. The van der Waals surface area contributed by atoms with Gasteiger partial charge in [0.05, 0.1) is 13.7 Å². The summed E-state index contributed by atoms with van der Waals surface area (Å²) in [6.45, 7) is 1.56. The number of amides is 4. The summed E-state index contributed by atoms with van der Waals surface area (Å²) in [5.74, 6) is -0.498. The number of rotatable bonds is 6. The Kier molecular flexibility index (Phi) is 5.44. The van der Waals surface area contributed by atoms with Gasteiger partial charge in [-0.05, 0) is 47.5 Å². The highest BCUT2D eigenvalue weighted by atomic mass is 16.5. The van der Waals surface area contributed by atoms with Crippen LogP contribution in [-0.4, -0.2) is 43.6 Å². The normalized spacial score (nSPS) is 17.9. The quantitative estimate of drug-likeness (QED) is 0.585. The van der Waals surface area contributed by atoms with Crippen LogP contribution in [0.1, 0.15) is 12.5 Å². The molecule has 0 bridgehead atoms. The molecule has 4 amide bonds. The topological polar surface area (TPSA) is 91.0 Å².